The molecule has 0 atom stereocenters. The standard InChI is InChI=1S/C12H15FN2O2/c13-6-7-17-10-3-1-2-9(8-10)15-11(16)12(14)4-5-12/h1-3,8H,4-7,14H2,(H,15,16). The van der Waals surface area contributed by atoms with Crippen molar-refractivity contribution >= 4 is 11.6 Å². The fourth-order valence-electron chi connectivity index (χ4n) is 1.44. The van der Waals surface area contributed by atoms with Gasteiger partial charge in [0.05, 0.1) is 5.54 Å². The van der Waals surface area contributed by atoms with Crippen molar-refractivity contribution in [1.29, 1.82) is 0 Å². The van der Waals surface area contributed by atoms with E-state index in [9.17, 15) is 9.18 Å². The molecule has 17 heavy (non-hydrogen) atoms. The molecule has 1 saturated carbocycles. The Balaban J connectivity index is 1.98. The van der Waals surface area contributed by atoms with Crippen molar-refractivity contribution in [3.8, 4) is 5.75 Å². The monoisotopic (exact) mass is 238 g/mol. The van der Waals surface area contributed by atoms with E-state index >= 15 is 0 Å². The summed E-state index contributed by atoms with van der Waals surface area (Å²) in [6, 6.07) is 6.84. The van der Waals surface area contributed by atoms with E-state index < -0.39 is 12.2 Å². The van der Waals surface area contributed by atoms with Gasteiger partial charge in [0.15, 0.2) is 0 Å². The molecular weight excluding hydrogens is 223 g/mol. The van der Waals surface area contributed by atoms with Crippen molar-refractivity contribution in [1.82, 2.24) is 0 Å². The normalized spacial score (nSPS) is 16.4. The lowest BCUT2D eigenvalue weighted by molar-refractivity contribution is -0.118. The highest BCUT2D eigenvalue weighted by Gasteiger charge is 2.45. The largest absolute Gasteiger partial charge is 0.491 e. The Hall–Kier alpha value is -1.62. The molecule has 0 radical (unpaired) electrons. The van der Waals surface area contributed by atoms with E-state index in [4.69, 9.17) is 10.5 Å². The van der Waals surface area contributed by atoms with Gasteiger partial charge in [-0.1, -0.05) is 6.07 Å². The molecule has 0 saturated heterocycles. The molecule has 3 N–H and O–H groups in total. The van der Waals surface area contributed by atoms with E-state index in [2.05, 4.69) is 5.32 Å². The predicted octanol–water partition coefficient (Wildman–Crippen LogP) is 1.46. The number of benzene rings is 1. The fraction of sp³-hybridized carbons (Fsp3) is 0.417. The molecular formula is C12H15FN2O2. The molecule has 92 valence electrons. The van der Waals surface area contributed by atoms with Crippen LogP contribution in [0.5, 0.6) is 5.75 Å². The number of rotatable bonds is 5. The first kappa shape index (κ1) is 11.9. The predicted molar refractivity (Wildman–Crippen MR) is 62.7 cm³/mol. The number of hydrogen-bond donors (Lipinski definition) is 2. The Morgan fingerprint density at radius 1 is 1.53 bits per heavy atom. The van der Waals surface area contributed by atoms with E-state index in [0.717, 1.165) is 12.8 Å². The first-order valence-corrected chi connectivity index (χ1v) is 5.53. The Bertz CT molecular complexity index is 419. The minimum Gasteiger partial charge on any atom is -0.491 e. The average Bonchev–Trinajstić information content (AvgIpc) is 3.07. The summed E-state index contributed by atoms with van der Waals surface area (Å²) < 4.78 is 17.1. The summed E-state index contributed by atoms with van der Waals surface area (Å²) >= 11 is 0. The minimum atomic E-state index is -0.699. The molecule has 1 amide bonds. The number of carbonyl (C=O) groups is 1. The van der Waals surface area contributed by atoms with Gasteiger partial charge < -0.3 is 15.8 Å². The highest BCUT2D eigenvalue weighted by Crippen LogP contribution is 2.33. The lowest BCUT2D eigenvalue weighted by Gasteiger charge is -2.11. The Kier molecular flexibility index (Phi) is 3.28. The number of ether oxygens (including phenoxy) is 1. The third-order valence-electron chi connectivity index (χ3n) is 2.68. The van der Waals surface area contributed by atoms with Crippen LogP contribution in [0.2, 0.25) is 0 Å². The summed E-state index contributed by atoms with van der Waals surface area (Å²) in [6.45, 7) is -0.527. The van der Waals surface area contributed by atoms with Crippen LogP contribution < -0.4 is 15.8 Å². The van der Waals surface area contributed by atoms with Crippen molar-refractivity contribution in [3.05, 3.63) is 24.3 Å². The summed E-state index contributed by atoms with van der Waals surface area (Å²) in [4.78, 5) is 11.7. The average molecular weight is 238 g/mol. The maximum Gasteiger partial charge on any atom is 0.244 e. The van der Waals surface area contributed by atoms with Crippen LogP contribution in [-0.2, 0) is 4.79 Å². The van der Waals surface area contributed by atoms with Gasteiger partial charge in [0.25, 0.3) is 0 Å². The van der Waals surface area contributed by atoms with E-state index in [0.29, 0.717) is 11.4 Å². The number of alkyl halides is 1. The van der Waals surface area contributed by atoms with Crippen molar-refractivity contribution in [2.24, 2.45) is 5.73 Å². The Labute approximate surface area is 98.9 Å². The molecule has 0 aliphatic heterocycles. The van der Waals surface area contributed by atoms with E-state index in [-0.39, 0.29) is 12.5 Å². The highest BCUT2D eigenvalue weighted by molar-refractivity contribution is 6.00. The summed E-state index contributed by atoms with van der Waals surface area (Å²) in [5.74, 6) is 0.349. The molecule has 1 aliphatic carbocycles. The topological polar surface area (TPSA) is 64.4 Å². The first-order valence-electron chi connectivity index (χ1n) is 5.53. The van der Waals surface area contributed by atoms with Crippen LogP contribution in [0.1, 0.15) is 12.8 Å². The molecule has 5 heteroatoms. The van der Waals surface area contributed by atoms with E-state index in [1.807, 2.05) is 0 Å². The molecule has 0 unspecified atom stereocenters. The molecule has 1 aromatic rings. The van der Waals surface area contributed by atoms with Gasteiger partial charge in [-0.05, 0) is 25.0 Å². The van der Waals surface area contributed by atoms with E-state index in [1.165, 1.54) is 0 Å². The SMILES string of the molecule is NC1(C(=O)Nc2cccc(OCCF)c2)CC1. The molecule has 0 spiro atoms. The van der Waals surface area contributed by atoms with Crippen molar-refractivity contribution in [2.45, 2.75) is 18.4 Å². The summed E-state index contributed by atoms with van der Waals surface area (Å²) in [7, 11) is 0. The van der Waals surface area contributed by atoms with Gasteiger partial charge in [0.2, 0.25) is 5.91 Å². The second kappa shape index (κ2) is 4.71. The molecule has 1 fully saturated rings. The maximum absolute atomic E-state index is 11.9. The van der Waals surface area contributed by atoms with Gasteiger partial charge in [-0.25, -0.2) is 4.39 Å². The number of halogens is 1. The lowest BCUT2D eigenvalue weighted by Crippen LogP contribution is -2.37. The van der Waals surface area contributed by atoms with Gasteiger partial charge >= 0.3 is 0 Å². The number of carbonyl (C=O) groups excluding carboxylic acids is 1. The van der Waals surface area contributed by atoms with Gasteiger partial charge in [-0.15, -0.1) is 0 Å². The highest BCUT2D eigenvalue weighted by atomic mass is 19.1. The molecule has 1 aliphatic rings. The van der Waals surface area contributed by atoms with Gasteiger partial charge in [0.1, 0.15) is 19.0 Å². The zero-order valence-electron chi connectivity index (χ0n) is 9.41. The van der Waals surface area contributed by atoms with Crippen LogP contribution in [0.4, 0.5) is 10.1 Å². The smallest absolute Gasteiger partial charge is 0.244 e. The number of amides is 1. The van der Waals surface area contributed by atoms with Crippen LogP contribution >= 0.6 is 0 Å². The maximum atomic E-state index is 11.9. The second-order valence-electron chi connectivity index (χ2n) is 4.18. The number of anilines is 1. The van der Waals surface area contributed by atoms with Gasteiger partial charge in [-0.3, -0.25) is 4.79 Å². The van der Waals surface area contributed by atoms with Crippen molar-refractivity contribution in [2.75, 3.05) is 18.6 Å². The zero-order chi connectivity index (χ0) is 12.3. The van der Waals surface area contributed by atoms with Crippen molar-refractivity contribution in [3.63, 3.8) is 0 Å². The molecule has 1 aromatic carbocycles. The number of nitrogens with two attached hydrogens (primary N) is 1. The van der Waals surface area contributed by atoms with E-state index in [1.54, 1.807) is 24.3 Å². The van der Waals surface area contributed by atoms with Crippen LogP contribution in [-0.4, -0.2) is 24.7 Å². The Morgan fingerprint density at radius 2 is 2.29 bits per heavy atom. The number of nitrogens with one attached hydrogen (secondary N) is 1. The zero-order valence-corrected chi connectivity index (χ0v) is 9.41. The third-order valence-corrected chi connectivity index (χ3v) is 2.68. The first-order chi connectivity index (χ1) is 8.14. The molecule has 2 rings (SSSR count). The van der Waals surface area contributed by atoms with Gasteiger partial charge in [-0.2, -0.15) is 0 Å². The number of hydrogen-bond acceptors (Lipinski definition) is 3. The lowest BCUT2D eigenvalue weighted by atomic mass is 10.2. The molecule has 0 aromatic heterocycles. The van der Waals surface area contributed by atoms with Crippen LogP contribution in [0, 0.1) is 0 Å². The van der Waals surface area contributed by atoms with Crippen LogP contribution in [0.3, 0.4) is 0 Å². The quantitative estimate of drug-likeness (QED) is 0.816. The Morgan fingerprint density at radius 3 is 2.94 bits per heavy atom. The van der Waals surface area contributed by atoms with Crippen molar-refractivity contribution < 1.29 is 13.9 Å². The van der Waals surface area contributed by atoms with Crippen LogP contribution in [0.15, 0.2) is 24.3 Å². The fourth-order valence-corrected chi connectivity index (χ4v) is 1.44. The summed E-state index contributed by atoms with van der Waals surface area (Å²) in [5.41, 5.74) is 5.68. The molecule has 0 heterocycles. The summed E-state index contributed by atoms with van der Waals surface area (Å²) in [6.07, 6.45) is 1.44. The van der Waals surface area contributed by atoms with Crippen LogP contribution in [0.25, 0.3) is 0 Å². The molecule has 4 nitrogen and oxygen atoms in total. The molecule has 0 bridgehead atoms. The third kappa shape index (κ3) is 2.94. The second-order valence-corrected chi connectivity index (χ2v) is 4.18. The minimum absolute atomic E-state index is 0.0121. The summed E-state index contributed by atoms with van der Waals surface area (Å²) in [5, 5.41) is 2.72. The van der Waals surface area contributed by atoms with Gasteiger partial charge in [0, 0.05) is 11.8 Å².